The smallest absolute Gasteiger partial charge is 0.411 e. The van der Waals surface area contributed by atoms with E-state index < -0.39 is 18.6 Å². The number of alkyl halides is 3. The van der Waals surface area contributed by atoms with Crippen molar-refractivity contribution in [1.82, 2.24) is 9.88 Å². The van der Waals surface area contributed by atoms with Crippen LogP contribution in [-0.2, 0) is 16.1 Å². The standard InChI is InChI=1S/C19H20F4N2O3/c1-12(26)25-8-6-14(7-9-25)18-24-16(10-27-11-19(21,22)23)17(28-18)13-2-4-15(20)5-3-13/h2-5,14H,6-11H2,1H3. The molecule has 0 atom stereocenters. The topological polar surface area (TPSA) is 55.6 Å². The Morgan fingerprint density at radius 1 is 1.25 bits per heavy atom. The first-order chi connectivity index (χ1) is 13.2. The van der Waals surface area contributed by atoms with Crippen LogP contribution < -0.4 is 0 Å². The maximum atomic E-state index is 13.2. The number of carbonyl (C=O) groups is 1. The van der Waals surface area contributed by atoms with Gasteiger partial charge in [-0.2, -0.15) is 13.2 Å². The Hall–Kier alpha value is -2.42. The Bertz CT molecular complexity index is 810. The second-order valence-electron chi connectivity index (χ2n) is 6.72. The largest absolute Gasteiger partial charge is 0.440 e. The number of oxazole rings is 1. The van der Waals surface area contributed by atoms with Gasteiger partial charge in [0.25, 0.3) is 0 Å². The number of benzene rings is 1. The van der Waals surface area contributed by atoms with Gasteiger partial charge in [0.05, 0.1) is 6.61 Å². The summed E-state index contributed by atoms with van der Waals surface area (Å²) < 4.78 is 61.0. The van der Waals surface area contributed by atoms with Crippen LogP contribution in [0.15, 0.2) is 28.7 Å². The van der Waals surface area contributed by atoms with Crippen LogP contribution in [0.5, 0.6) is 0 Å². The third kappa shape index (κ3) is 5.09. The van der Waals surface area contributed by atoms with E-state index in [4.69, 9.17) is 9.15 Å². The maximum Gasteiger partial charge on any atom is 0.411 e. The lowest BCUT2D eigenvalue weighted by molar-refractivity contribution is -0.176. The van der Waals surface area contributed by atoms with Crippen LogP contribution >= 0.6 is 0 Å². The lowest BCUT2D eigenvalue weighted by Gasteiger charge is -2.29. The molecule has 1 aliphatic heterocycles. The molecule has 1 amide bonds. The molecule has 0 spiro atoms. The second-order valence-corrected chi connectivity index (χ2v) is 6.72. The Labute approximate surface area is 159 Å². The van der Waals surface area contributed by atoms with E-state index in [2.05, 4.69) is 4.98 Å². The number of carbonyl (C=O) groups excluding carboxylic acids is 1. The number of aromatic nitrogens is 1. The molecule has 1 aliphatic rings. The third-order valence-electron chi connectivity index (χ3n) is 4.61. The average Bonchev–Trinajstić information content (AvgIpc) is 3.05. The number of hydrogen-bond donors (Lipinski definition) is 0. The molecular formula is C19H20F4N2O3. The Morgan fingerprint density at radius 3 is 2.46 bits per heavy atom. The van der Waals surface area contributed by atoms with Crippen molar-refractivity contribution in [2.75, 3.05) is 19.7 Å². The van der Waals surface area contributed by atoms with Gasteiger partial charge in [0.1, 0.15) is 18.1 Å². The van der Waals surface area contributed by atoms with Crippen LogP contribution in [0.4, 0.5) is 17.6 Å². The fourth-order valence-electron chi connectivity index (χ4n) is 3.17. The second kappa shape index (κ2) is 8.30. The van der Waals surface area contributed by atoms with Crippen molar-refractivity contribution in [3.63, 3.8) is 0 Å². The number of likely N-dealkylation sites (tertiary alicyclic amines) is 1. The number of nitrogens with zero attached hydrogens (tertiary/aromatic N) is 2. The van der Waals surface area contributed by atoms with Crippen LogP contribution in [-0.4, -0.2) is 41.7 Å². The fourth-order valence-corrected chi connectivity index (χ4v) is 3.17. The van der Waals surface area contributed by atoms with Crippen LogP contribution in [0.2, 0.25) is 0 Å². The molecule has 0 bridgehead atoms. The summed E-state index contributed by atoms with van der Waals surface area (Å²) in [6.45, 7) is 0.869. The molecule has 0 radical (unpaired) electrons. The highest BCUT2D eigenvalue weighted by Gasteiger charge is 2.30. The molecule has 5 nitrogen and oxygen atoms in total. The van der Waals surface area contributed by atoms with E-state index in [-0.39, 0.29) is 29.9 Å². The zero-order valence-electron chi connectivity index (χ0n) is 15.3. The quantitative estimate of drug-likeness (QED) is 0.703. The lowest BCUT2D eigenvalue weighted by atomic mass is 9.97. The minimum Gasteiger partial charge on any atom is -0.440 e. The number of rotatable bonds is 5. The number of piperidine rings is 1. The van der Waals surface area contributed by atoms with Crippen LogP contribution in [0.1, 0.15) is 37.3 Å². The highest BCUT2D eigenvalue weighted by molar-refractivity contribution is 5.73. The first-order valence-electron chi connectivity index (χ1n) is 8.88. The molecule has 3 rings (SSSR count). The highest BCUT2D eigenvalue weighted by Crippen LogP contribution is 2.33. The monoisotopic (exact) mass is 400 g/mol. The van der Waals surface area contributed by atoms with Crippen LogP contribution in [0, 0.1) is 5.82 Å². The molecule has 2 aromatic rings. The van der Waals surface area contributed by atoms with E-state index >= 15 is 0 Å². The third-order valence-corrected chi connectivity index (χ3v) is 4.61. The average molecular weight is 400 g/mol. The summed E-state index contributed by atoms with van der Waals surface area (Å²) in [4.78, 5) is 17.6. The summed E-state index contributed by atoms with van der Waals surface area (Å²) in [6.07, 6.45) is -3.15. The zero-order chi connectivity index (χ0) is 20.3. The van der Waals surface area contributed by atoms with Gasteiger partial charge in [-0.25, -0.2) is 9.37 Å². The molecule has 9 heteroatoms. The van der Waals surface area contributed by atoms with Gasteiger partial charge >= 0.3 is 6.18 Å². The predicted molar refractivity (Wildman–Crippen MR) is 91.8 cm³/mol. The molecule has 1 aromatic heterocycles. The normalized spacial score (nSPS) is 15.8. The molecule has 1 fully saturated rings. The van der Waals surface area contributed by atoms with Crippen molar-refractivity contribution >= 4 is 5.91 Å². The lowest BCUT2D eigenvalue weighted by Crippen LogP contribution is -2.36. The number of halogens is 4. The summed E-state index contributed by atoms with van der Waals surface area (Å²) in [7, 11) is 0. The van der Waals surface area contributed by atoms with Gasteiger partial charge in [-0.15, -0.1) is 0 Å². The first-order valence-corrected chi connectivity index (χ1v) is 8.88. The molecular weight excluding hydrogens is 380 g/mol. The summed E-state index contributed by atoms with van der Waals surface area (Å²) in [5, 5.41) is 0. The van der Waals surface area contributed by atoms with E-state index in [0.29, 0.717) is 37.4 Å². The van der Waals surface area contributed by atoms with Crippen molar-refractivity contribution < 1.29 is 31.5 Å². The molecule has 1 saturated heterocycles. The van der Waals surface area contributed by atoms with Crippen molar-refractivity contribution in [2.24, 2.45) is 0 Å². The van der Waals surface area contributed by atoms with Gasteiger partial charge in [0.15, 0.2) is 11.7 Å². The van der Waals surface area contributed by atoms with E-state index in [1.54, 1.807) is 4.90 Å². The summed E-state index contributed by atoms with van der Waals surface area (Å²) in [6, 6.07) is 5.43. The summed E-state index contributed by atoms with van der Waals surface area (Å²) >= 11 is 0. The van der Waals surface area contributed by atoms with Crippen molar-refractivity contribution in [1.29, 1.82) is 0 Å². The molecule has 0 saturated carbocycles. The van der Waals surface area contributed by atoms with Crippen molar-refractivity contribution in [2.45, 2.75) is 38.5 Å². The first kappa shape index (κ1) is 20.3. The number of hydrogen-bond acceptors (Lipinski definition) is 4. The molecule has 1 aromatic carbocycles. The Balaban J connectivity index is 1.81. The van der Waals surface area contributed by atoms with Gasteiger partial charge in [-0.3, -0.25) is 4.79 Å². The summed E-state index contributed by atoms with van der Waals surface area (Å²) in [5.41, 5.74) is 0.742. The number of ether oxygens (including phenoxy) is 1. The highest BCUT2D eigenvalue weighted by atomic mass is 19.4. The van der Waals surface area contributed by atoms with Crippen LogP contribution in [0.25, 0.3) is 11.3 Å². The molecule has 0 unspecified atom stereocenters. The Kier molecular flexibility index (Phi) is 6.02. The predicted octanol–water partition coefficient (Wildman–Crippen LogP) is 4.29. The van der Waals surface area contributed by atoms with E-state index in [0.717, 1.165) is 0 Å². The molecule has 0 aliphatic carbocycles. The van der Waals surface area contributed by atoms with Crippen molar-refractivity contribution in [3.8, 4) is 11.3 Å². The minimum absolute atomic E-state index is 0.000838. The van der Waals surface area contributed by atoms with Gasteiger partial charge < -0.3 is 14.1 Å². The van der Waals surface area contributed by atoms with Gasteiger partial charge in [0, 0.05) is 31.5 Å². The van der Waals surface area contributed by atoms with E-state index in [9.17, 15) is 22.4 Å². The van der Waals surface area contributed by atoms with Crippen LogP contribution in [0.3, 0.4) is 0 Å². The summed E-state index contributed by atoms with van der Waals surface area (Å²) in [5.74, 6) is 0.180. The van der Waals surface area contributed by atoms with Gasteiger partial charge in [-0.1, -0.05) is 0 Å². The zero-order valence-corrected chi connectivity index (χ0v) is 15.3. The number of amides is 1. The molecule has 2 heterocycles. The van der Waals surface area contributed by atoms with E-state index in [1.807, 2.05) is 0 Å². The van der Waals surface area contributed by atoms with Crippen molar-refractivity contribution in [3.05, 3.63) is 41.7 Å². The molecule has 152 valence electrons. The Morgan fingerprint density at radius 2 is 1.89 bits per heavy atom. The molecule has 28 heavy (non-hydrogen) atoms. The SMILES string of the molecule is CC(=O)N1CCC(c2nc(COCC(F)(F)F)c(-c3ccc(F)cc3)o2)CC1. The maximum absolute atomic E-state index is 13.2. The van der Waals surface area contributed by atoms with Gasteiger partial charge in [-0.05, 0) is 37.1 Å². The molecule has 0 N–H and O–H groups in total. The van der Waals surface area contributed by atoms with E-state index in [1.165, 1.54) is 31.2 Å². The minimum atomic E-state index is -4.44. The fraction of sp³-hybridized carbons (Fsp3) is 0.474. The van der Waals surface area contributed by atoms with Gasteiger partial charge in [0.2, 0.25) is 5.91 Å².